The van der Waals surface area contributed by atoms with Crippen molar-refractivity contribution in [3.8, 4) is 0 Å². The Hall–Kier alpha value is -0.800. The van der Waals surface area contributed by atoms with E-state index in [1.54, 1.807) is 0 Å². The lowest BCUT2D eigenvalue weighted by Gasteiger charge is -2.32. The molecule has 3 heteroatoms. The summed E-state index contributed by atoms with van der Waals surface area (Å²) in [6, 6.07) is 2.79. The summed E-state index contributed by atoms with van der Waals surface area (Å²) in [7, 11) is 0. The molecule has 1 saturated heterocycles. The molecule has 0 saturated carbocycles. The van der Waals surface area contributed by atoms with Gasteiger partial charge in [0, 0.05) is 31.5 Å². The maximum atomic E-state index is 3.52. The van der Waals surface area contributed by atoms with Gasteiger partial charge in [-0.15, -0.1) is 0 Å². The van der Waals surface area contributed by atoms with Crippen LogP contribution >= 0.6 is 0 Å². The Kier molecular flexibility index (Phi) is 4.43. The molecule has 0 radical (unpaired) electrons. The van der Waals surface area contributed by atoms with Crippen LogP contribution in [-0.4, -0.2) is 35.6 Å². The van der Waals surface area contributed by atoms with E-state index in [1.165, 1.54) is 37.9 Å². The summed E-state index contributed by atoms with van der Waals surface area (Å²) in [5.41, 5.74) is 1.34. The van der Waals surface area contributed by atoms with Gasteiger partial charge in [-0.25, -0.2) is 0 Å². The molecule has 90 valence electrons. The molecule has 0 bridgehead atoms. The van der Waals surface area contributed by atoms with Gasteiger partial charge in [-0.1, -0.05) is 6.42 Å². The maximum Gasteiger partial charge on any atom is 0.0221 e. The number of aromatic amines is 1. The Bertz CT molecular complexity index is 275. The van der Waals surface area contributed by atoms with Crippen molar-refractivity contribution in [2.45, 2.75) is 38.8 Å². The van der Waals surface area contributed by atoms with Crippen LogP contribution in [0.1, 0.15) is 31.7 Å². The molecule has 16 heavy (non-hydrogen) atoms. The Morgan fingerprint density at radius 3 is 2.88 bits per heavy atom. The number of hydrogen-bond acceptors (Lipinski definition) is 2. The SMILES string of the molecule is CC(CNCc1cc[nH]c1)N1CCCCC1. The maximum absolute atomic E-state index is 3.52. The highest BCUT2D eigenvalue weighted by Crippen LogP contribution is 2.11. The fraction of sp³-hybridized carbons (Fsp3) is 0.692. The number of aromatic nitrogens is 1. The molecule has 1 fully saturated rings. The fourth-order valence-electron chi connectivity index (χ4n) is 2.38. The van der Waals surface area contributed by atoms with Crippen molar-refractivity contribution in [3.05, 3.63) is 24.0 Å². The second-order valence-electron chi connectivity index (χ2n) is 4.80. The third-order valence-electron chi connectivity index (χ3n) is 3.45. The molecule has 3 nitrogen and oxygen atoms in total. The van der Waals surface area contributed by atoms with E-state index in [0.29, 0.717) is 6.04 Å². The zero-order valence-electron chi connectivity index (χ0n) is 10.2. The molecular weight excluding hydrogens is 198 g/mol. The molecular formula is C13H23N3. The summed E-state index contributed by atoms with van der Waals surface area (Å²) in [5.74, 6) is 0. The predicted octanol–water partition coefficient (Wildman–Crippen LogP) is 1.98. The normalized spacial score (nSPS) is 19.8. The molecule has 0 amide bonds. The summed E-state index contributed by atoms with van der Waals surface area (Å²) in [5, 5.41) is 3.52. The lowest BCUT2D eigenvalue weighted by molar-refractivity contribution is 0.170. The first-order valence-electron chi connectivity index (χ1n) is 6.42. The first kappa shape index (κ1) is 11.7. The standard InChI is InChI=1S/C13H23N3/c1-12(16-7-3-2-4-8-16)9-15-11-13-5-6-14-10-13/h5-6,10,12,14-15H,2-4,7-9,11H2,1H3. The molecule has 0 aliphatic carbocycles. The average Bonchev–Trinajstić information content (AvgIpc) is 2.83. The highest BCUT2D eigenvalue weighted by Gasteiger charge is 2.15. The zero-order valence-corrected chi connectivity index (χ0v) is 10.2. The number of nitrogens with one attached hydrogen (secondary N) is 2. The minimum absolute atomic E-state index is 0.666. The van der Waals surface area contributed by atoms with Gasteiger partial charge in [-0.05, 0) is 44.5 Å². The number of nitrogens with zero attached hydrogens (tertiary/aromatic N) is 1. The fourth-order valence-corrected chi connectivity index (χ4v) is 2.38. The third-order valence-corrected chi connectivity index (χ3v) is 3.45. The minimum Gasteiger partial charge on any atom is -0.367 e. The van der Waals surface area contributed by atoms with E-state index in [0.717, 1.165) is 13.1 Å². The highest BCUT2D eigenvalue weighted by molar-refractivity contribution is 5.07. The van der Waals surface area contributed by atoms with Gasteiger partial charge >= 0.3 is 0 Å². The molecule has 1 aromatic heterocycles. The molecule has 0 aromatic carbocycles. The summed E-state index contributed by atoms with van der Waals surface area (Å²) in [4.78, 5) is 5.69. The molecule has 1 aromatic rings. The van der Waals surface area contributed by atoms with E-state index in [4.69, 9.17) is 0 Å². The van der Waals surface area contributed by atoms with Crippen molar-refractivity contribution in [1.29, 1.82) is 0 Å². The van der Waals surface area contributed by atoms with Crippen LogP contribution in [0.15, 0.2) is 18.5 Å². The van der Waals surface area contributed by atoms with Crippen LogP contribution in [-0.2, 0) is 6.54 Å². The minimum atomic E-state index is 0.666. The van der Waals surface area contributed by atoms with Crippen molar-refractivity contribution in [3.63, 3.8) is 0 Å². The van der Waals surface area contributed by atoms with Crippen LogP contribution in [0.5, 0.6) is 0 Å². The van der Waals surface area contributed by atoms with Crippen LogP contribution in [0.3, 0.4) is 0 Å². The first-order chi connectivity index (χ1) is 7.86. The zero-order chi connectivity index (χ0) is 11.2. The van der Waals surface area contributed by atoms with E-state index in [1.807, 2.05) is 6.20 Å². The number of likely N-dealkylation sites (tertiary alicyclic amines) is 1. The Morgan fingerprint density at radius 2 is 2.19 bits per heavy atom. The molecule has 2 N–H and O–H groups in total. The summed E-state index contributed by atoms with van der Waals surface area (Å²) >= 11 is 0. The van der Waals surface area contributed by atoms with Gasteiger partial charge in [-0.3, -0.25) is 4.90 Å². The molecule has 1 aliphatic rings. The lowest BCUT2D eigenvalue weighted by Crippen LogP contribution is -2.42. The van der Waals surface area contributed by atoms with Gasteiger partial charge in [0.2, 0.25) is 0 Å². The summed E-state index contributed by atoms with van der Waals surface area (Å²) in [6.45, 7) is 6.96. The molecule has 1 atom stereocenters. The summed E-state index contributed by atoms with van der Waals surface area (Å²) < 4.78 is 0. The van der Waals surface area contributed by atoms with E-state index >= 15 is 0 Å². The van der Waals surface area contributed by atoms with Crippen LogP contribution in [0.4, 0.5) is 0 Å². The number of rotatable bonds is 5. The quantitative estimate of drug-likeness (QED) is 0.796. The van der Waals surface area contributed by atoms with E-state index in [2.05, 4.69) is 34.4 Å². The smallest absolute Gasteiger partial charge is 0.0221 e. The number of piperidine rings is 1. The van der Waals surface area contributed by atoms with Crippen LogP contribution < -0.4 is 5.32 Å². The van der Waals surface area contributed by atoms with Crippen molar-refractivity contribution < 1.29 is 0 Å². The topological polar surface area (TPSA) is 31.1 Å². The number of hydrogen-bond donors (Lipinski definition) is 2. The second kappa shape index (κ2) is 6.06. The van der Waals surface area contributed by atoms with Gasteiger partial charge in [0.05, 0.1) is 0 Å². The number of H-pyrrole nitrogens is 1. The van der Waals surface area contributed by atoms with Crippen LogP contribution in [0, 0.1) is 0 Å². The molecule has 1 unspecified atom stereocenters. The Morgan fingerprint density at radius 1 is 1.38 bits per heavy atom. The van der Waals surface area contributed by atoms with Crippen molar-refractivity contribution in [1.82, 2.24) is 15.2 Å². The van der Waals surface area contributed by atoms with Gasteiger partial charge in [-0.2, -0.15) is 0 Å². The van der Waals surface area contributed by atoms with Crippen molar-refractivity contribution >= 4 is 0 Å². The predicted molar refractivity (Wildman–Crippen MR) is 67.4 cm³/mol. The van der Waals surface area contributed by atoms with Gasteiger partial charge in [0.1, 0.15) is 0 Å². The molecule has 0 spiro atoms. The largest absolute Gasteiger partial charge is 0.367 e. The third kappa shape index (κ3) is 3.35. The van der Waals surface area contributed by atoms with Crippen molar-refractivity contribution in [2.24, 2.45) is 0 Å². The average molecular weight is 221 g/mol. The van der Waals surface area contributed by atoms with Gasteiger partial charge < -0.3 is 10.3 Å². The Labute approximate surface area is 98.2 Å². The molecule has 2 rings (SSSR count). The summed E-state index contributed by atoms with van der Waals surface area (Å²) in [6.07, 6.45) is 8.20. The first-order valence-corrected chi connectivity index (χ1v) is 6.42. The second-order valence-corrected chi connectivity index (χ2v) is 4.80. The monoisotopic (exact) mass is 221 g/mol. The molecule has 2 heterocycles. The van der Waals surface area contributed by atoms with Crippen LogP contribution in [0.2, 0.25) is 0 Å². The highest BCUT2D eigenvalue weighted by atomic mass is 15.2. The van der Waals surface area contributed by atoms with E-state index < -0.39 is 0 Å². The van der Waals surface area contributed by atoms with Gasteiger partial charge in [0.15, 0.2) is 0 Å². The van der Waals surface area contributed by atoms with E-state index in [9.17, 15) is 0 Å². The van der Waals surface area contributed by atoms with Crippen LogP contribution in [0.25, 0.3) is 0 Å². The van der Waals surface area contributed by atoms with Gasteiger partial charge in [0.25, 0.3) is 0 Å². The van der Waals surface area contributed by atoms with Crippen molar-refractivity contribution in [2.75, 3.05) is 19.6 Å². The lowest BCUT2D eigenvalue weighted by atomic mass is 10.1. The molecule has 1 aliphatic heterocycles. The Balaban J connectivity index is 1.65. The van der Waals surface area contributed by atoms with E-state index in [-0.39, 0.29) is 0 Å².